The van der Waals surface area contributed by atoms with Crippen LogP contribution in [0.5, 0.6) is 0 Å². The Morgan fingerprint density at radius 2 is 1.62 bits per heavy atom. The standard InChI is InChI=1S/C23H25FN2O3/c24-18-9-7-15(8-10-18)14-1-5-17(6-2-14)22(27)21-20(16-3-4-16)12-11-19(26-21)13-25-23(28)29/h7-12,14,16-17,25H,1-6,13H2,(H,28,29). The van der Waals surface area contributed by atoms with Gasteiger partial charge in [0.1, 0.15) is 11.5 Å². The summed E-state index contributed by atoms with van der Waals surface area (Å²) in [7, 11) is 0. The van der Waals surface area contributed by atoms with Crippen LogP contribution in [0.25, 0.3) is 0 Å². The number of benzene rings is 1. The fourth-order valence-electron chi connectivity index (χ4n) is 4.31. The van der Waals surface area contributed by atoms with Crippen molar-refractivity contribution in [2.24, 2.45) is 5.92 Å². The number of amides is 1. The van der Waals surface area contributed by atoms with Gasteiger partial charge in [0.05, 0.1) is 12.2 Å². The number of ketones is 1. The molecular formula is C23H25FN2O3. The molecule has 0 bridgehead atoms. The second-order valence-electron chi connectivity index (χ2n) is 8.14. The number of hydrogen-bond donors (Lipinski definition) is 2. The number of rotatable bonds is 6. The summed E-state index contributed by atoms with van der Waals surface area (Å²) in [4.78, 5) is 28.6. The number of carbonyl (C=O) groups excluding carboxylic acids is 1. The Kier molecular flexibility index (Phi) is 5.60. The van der Waals surface area contributed by atoms with E-state index in [1.165, 1.54) is 12.1 Å². The van der Waals surface area contributed by atoms with Crippen LogP contribution in [0, 0.1) is 11.7 Å². The minimum absolute atomic E-state index is 0.0561. The molecule has 0 spiro atoms. The van der Waals surface area contributed by atoms with Crippen molar-refractivity contribution in [3.8, 4) is 0 Å². The molecule has 2 N–H and O–H groups in total. The zero-order chi connectivity index (χ0) is 20.4. The Labute approximate surface area is 169 Å². The molecule has 2 fully saturated rings. The molecule has 1 amide bonds. The van der Waals surface area contributed by atoms with Crippen LogP contribution in [-0.2, 0) is 6.54 Å². The monoisotopic (exact) mass is 396 g/mol. The van der Waals surface area contributed by atoms with Gasteiger partial charge < -0.3 is 10.4 Å². The van der Waals surface area contributed by atoms with Crippen molar-refractivity contribution in [1.29, 1.82) is 0 Å². The van der Waals surface area contributed by atoms with Gasteiger partial charge in [-0.3, -0.25) is 4.79 Å². The first kappa shape index (κ1) is 19.6. The van der Waals surface area contributed by atoms with E-state index in [0.29, 0.717) is 23.2 Å². The molecule has 0 radical (unpaired) electrons. The van der Waals surface area contributed by atoms with E-state index in [1.54, 1.807) is 0 Å². The summed E-state index contributed by atoms with van der Waals surface area (Å²) in [5.74, 6) is 0.565. The van der Waals surface area contributed by atoms with Crippen molar-refractivity contribution in [2.75, 3.05) is 0 Å². The molecule has 0 aliphatic heterocycles. The van der Waals surface area contributed by atoms with E-state index in [0.717, 1.165) is 49.7 Å². The number of carbonyl (C=O) groups is 2. The average Bonchev–Trinajstić information content (AvgIpc) is 3.57. The SMILES string of the molecule is O=C(O)NCc1ccc(C2CC2)c(C(=O)C2CCC(c3ccc(F)cc3)CC2)n1. The molecule has 5 nitrogen and oxygen atoms in total. The van der Waals surface area contributed by atoms with Crippen LogP contribution in [0.15, 0.2) is 36.4 Å². The smallest absolute Gasteiger partial charge is 0.404 e. The van der Waals surface area contributed by atoms with Crippen molar-refractivity contribution in [1.82, 2.24) is 10.3 Å². The summed E-state index contributed by atoms with van der Waals surface area (Å²) in [6.07, 6.45) is 4.44. The maximum Gasteiger partial charge on any atom is 0.404 e. The second-order valence-corrected chi connectivity index (χ2v) is 8.14. The lowest BCUT2D eigenvalue weighted by molar-refractivity contribution is 0.0877. The predicted molar refractivity (Wildman–Crippen MR) is 107 cm³/mol. The highest BCUT2D eigenvalue weighted by atomic mass is 19.1. The minimum atomic E-state index is -1.11. The fraction of sp³-hybridized carbons (Fsp3) is 0.435. The van der Waals surface area contributed by atoms with Gasteiger partial charge >= 0.3 is 6.09 Å². The largest absolute Gasteiger partial charge is 0.465 e. The third-order valence-corrected chi connectivity index (χ3v) is 6.09. The van der Waals surface area contributed by atoms with Crippen molar-refractivity contribution < 1.29 is 19.1 Å². The van der Waals surface area contributed by atoms with E-state index < -0.39 is 6.09 Å². The minimum Gasteiger partial charge on any atom is -0.465 e. The maximum absolute atomic E-state index is 13.3. The molecule has 6 heteroatoms. The number of aromatic nitrogens is 1. The van der Waals surface area contributed by atoms with Crippen molar-refractivity contribution >= 4 is 11.9 Å². The summed E-state index contributed by atoms with van der Waals surface area (Å²) >= 11 is 0. The van der Waals surface area contributed by atoms with Gasteiger partial charge in [-0.25, -0.2) is 14.2 Å². The summed E-state index contributed by atoms with van der Waals surface area (Å²) in [6.45, 7) is 0.0951. The molecule has 1 aromatic heterocycles. The van der Waals surface area contributed by atoms with E-state index in [1.807, 2.05) is 24.3 Å². The first-order chi connectivity index (χ1) is 14.0. The zero-order valence-corrected chi connectivity index (χ0v) is 16.2. The van der Waals surface area contributed by atoms with E-state index in [-0.39, 0.29) is 24.1 Å². The van der Waals surface area contributed by atoms with Crippen LogP contribution >= 0.6 is 0 Å². The van der Waals surface area contributed by atoms with Gasteiger partial charge in [0, 0.05) is 5.92 Å². The lowest BCUT2D eigenvalue weighted by atomic mass is 9.76. The highest BCUT2D eigenvalue weighted by Crippen LogP contribution is 2.43. The number of carboxylic acid groups (broad SMARTS) is 1. The molecule has 2 saturated carbocycles. The number of halogens is 1. The van der Waals surface area contributed by atoms with Crippen LogP contribution < -0.4 is 5.32 Å². The molecule has 0 atom stereocenters. The van der Waals surface area contributed by atoms with Crippen molar-refractivity contribution in [3.05, 3.63) is 64.7 Å². The van der Waals surface area contributed by atoms with E-state index in [4.69, 9.17) is 5.11 Å². The number of hydrogen-bond acceptors (Lipinski definition) is 3. The van der Waals surface area contributed by atoms with Crippen LogP contribution in [0.2, 0.25) is 0 Å². The molecule has 1 heterocycles. The summed E-state index contributed by atoms with van der Waals surface area (Å²) in [6, 6.07) is 10.4. The van der Waals surface area contributed by atoms with E-state index >= 15 is 0 Å². The fourth-order valence-corrected chi connectivity index (χ4v) is 4.31. The van der Waals surface area contributed by atoms with Gasteiger partial charge in [-0.05, 0) is 79.7 Å². The Morgan fingerprint density at radius 3 is 2.24 bits per heavy atom. The number of Topliss-reactive ketones (excluding diaryl/α,β-unsaturated/α-hetero) is 1. The van der Waals surface area contributed by atoms with Crippen LogP contribution in [-0.4, -0.2) is 22.0 Å². The lowest BCUT2D eigenvalue weighted by Gasteiger charge is -2.28. The summed E-state index contributed by atoms with van der Waals surface area (Å²) in [5.41, 5.74) is 3.24. The van der Waals surface area contributed by atoms with E-state index in [9.17, 15) is 14.0 Å². The van der Waals surface area contributed by atoms with Crippen LogP contribution in [0.3, 0.4) is 0 Å². The zero-order valence-electron chi connectivity index (χ0n) is 16.2. The molecule has 29 heavy (non-hydrogen) atoms. The summed E-state index contributed by atoms with van der Waals surface area (Å²) in [5, 5.41) is 11.1. The van der Waals surface area contributed by atoms with Crippen molar-refractivity contribution in [2.45, 2.75) is 56.9 Å². The molecular weight excluding hydrogens is 371 g/mol. The molecule has 0 saturated heterocycles. The maximum atomic E-state index is 13.3. The van der Waals surface area contributed by atoms with Crippen molar-refractivity contribution in [3.63, 3.8) is 0 Å². The quantitative estimate of drug-likeness (QED) is 0.672. The number of pyridine rings is 1. The molecule has 0 unspecified atom stereocenters. The Hall–Kier alpha value is -2.76. The van der Waals surface area contributed by atoms with Gasteiger partial charge in [-0.15, -0.1) is 0 Å². The molecule has 2 aliphatic rings. The molecule has 2 aliphatic carbocycles. The molecule has 2 aromatic rings. The number of nitrogens with one attached hydrogen (secondary N) is 1. The van der Waals surface area contributed by atoms with Crippen LogP contribution in [0.4, 0.5) is 9.18 Å². The normalized spacial score (nSPS) is 21.6. The average molecular weight is 396 g/mol. The highest BCUT2D eigenvalue weighted by Gasteiger charge is 2.33. The Morgan fingerprint density at radius 1 is 0.966 bits per heavy atom. The first-order valence-corrected chi connectivity index (χ1v) is 10.3. The topological polar surface area (TPSA) is 79.3 Å². The van der Waals surface area contributed by atoms with Gasteiger partial charge in [0.2, 0.25) is 0 Å². The molecule has 152 valence electrons. The number of nitrogens with zero attached hydrogens (tertiary/aromatic N) is 1. The highest BCUT2D eigenvalue weighted by molar-refractivity contribution is 5.97. The van der Waals surface area contributed by atoms with Gasteiger partial charge in [-0.1, -0.05) is 18.2 Å². The summed E-state index contributed by atoms with van der Waals surface area (Å²) < 4.78 is 13.2. The lowest BCUT2D eigenvalue weighted by Crippen LogP contribution is -2.25. The molecule has 4 rings (SSSR count). The van der Waals surface area contributed by atoms with Crippen LogP contribution in [0.1, 0.15) is 77.7 Å². The third kappa shape index (κ3) is 4.63. The van der Waals surface area contributed by atoms with E-state index in [2.05, 4.69) is 10.3 Å². The van der Waals surface area contributed by atoms with Gasteiger partial charge in [-0.2, -0.15) is 0 Å². The predicted octanol–water partition coefficient (Wildman–Crippen LogP) is 5.02. The second kappa shape index (κ2) is 8.31. The Balaban J connectivity index is 1.46. The van der Waals surface area contributed by atoms with Gasteiger partial charge in [0.15, 0.2) is 5.78 Å². The molecule has 1 aromatic carbocycles. The first-order valence-electron chi connectivity index (χ1n) is 10.3. The van der Waals surface area contributed by atoms with Gasteiger partial charge in [0.25, 0.3) is 0 Å². The Bertz CT molecular complexity index is 901. The third-order valence-electron chi connectivity index (χ3n) is 6.09.